The summed E-state index contributed by atoms with van der Waals surface area (Å²) in [5.41, 5.74) is 3.17. The number of alkyl carbamates (subject to hydrolysis) is 1. The van der Waals surface area contributed by atoms with Crippen LogP contribution in [-0.2, 0) is 27.2 Å². The molecule has 5 N–H and O–H groups in total. The van der Waals surface area contributed by atoms with Crippen molar-refractivity contribution in [3.05, 3.63) is 66.0 Å². The van der Waals surface area contributed by atoms with Crippen LogP contribution in [0.5, 0.6) is 5.75 Å². The Bertz CT molecular complexity index is 1560. The Morgan fingerprint density at radius 2 is 1.63 bits per heavy atom. The lowest BCUT2D eigenvalue weighted by atomic mass is 10.0. The smallest absolute Gasteiger partial charge is 0.408 e. The maximum absolute atomic E-state index is 13.6. The molecule has 11 heteroatoms. The van der Waals surface area contributed by atoms with Crippen molar-refractivity contribution < 1.29 is 23.9 Å². The van der Waals surface area contributed by atoms with Gasteiger partial charge in [-0.25, -0.2) is 4.79 Å². The van der Waals surface area contributed by atoms with Crippen molar-refractivity contribution in [2.75, 3.05) is 25.7 Å². The van der Waals surface area contributed by atoms with Gasteiger partial charge in [-0.2, -0.15) is 11.8 Å². The van der Waals surface area contributed by atoms with Crippen LogP contribution in [0.4, 0.5) is 4.79 Å². The number of benzene rings is 2. The Hall–Kier alpha value is -4.12. The van der Waals surface area contributed by atoms with Crippen LogP contribution in [0.3, 0.4) is 0 Å². The molecule has 2 aromatic carbocycles. The van der Waals surface area contributed by atoms with E-state index in [4.69, 9.17) is 9.47 Å². The number of rotatable bonds is 13. The summed E-state index contributed by atoms with van der Waals surface area (Å²) in [6.45, 7) is 5.66. The zero-order chi connectivity index (χ0) is 31.0. The van der Waals surface area contributed by atoms with Gasteiger partial charge in [0.25, 0.3) is 0 Å². The van der Waals surface area contributed by atoms with E-state index in [2.05, 4.69) is 25.9 Å². The zero-order valence-electron chi connectivity index (χ0n) is 25.3. The molecule has 230 valence electrons. The first-order valence-corrected chi connectivity index (χ1v) is 15.7. The molecule has 4 aromatic rings. The Kier molecular flexibility index (Phi) is 10.6. The molecular formula is C32H41N5O5S. The standard InChI is InChI=1S/C32H41N5O5S/c1-32(2,3)42-31(40)37-27(13-15-43-5)30(39)36-28(16-21-19-35-25-9-7-6-8-23(21)25)29(38)33-14-12-20-18-34-26-11-10-22(41-4)17-24(20)26/h6-11,17-19,27-28,34-35H,12-16H2,1-5H3,(H,33,38)(H,36,39)(H,37,40)/t27-,28-/m0/s1. The molecule has 2 atom stereocenters. The summed E-state index contributed by atoms with van der Waals surface area (Å²) in [6, 6.07) is 11.9. The predicted octanol–water partition coefficient (Wildman–Crippen LogP) is 4.69. The molecule has 0 saturated carbocycles. The van der Waals surface area contributed by atoms with Crippen LogP contribution >= 0.6 is 11.8 Å². The van der Waals surface area contributed by atoms with Crippen LogP contribution in [0.15, 0.2) is 54.9 Å². The van der Waals surface area contributed by atoms with Gasteiger partial charge < -0.3 is 35.4 Å². The van der Waals surface area contributed by atoms with Crippen LogP contribution in [0.25, 0.3) is 21.8 Å². The molecule has 0 aliphatic carbocycles. The number of amides is 3. The van der Waals surface area contributed by atoms with E-state index in [0.29, 0.717) is 25.1 Å². The number of carbonyl (C=O) groups excluding carboxylic acids is 3. The maximum Gasteiger partial charge on any atom is 0.408 e. The number of carbonyl (C=O) groups is 3. The second-order valence-corrected chi connectivity index (χ2v) is 12.4. The number of para-hydroxylation sites is 1. The first-order chi connectivity index (χ1) is 20.6. The van der Waals surface area contributed by atoms with Gasteiger partial charge in [-0.15, -0.1) is 0 Å². The highest BCUT2D eigenvalue weighted by atomic mass is 32.2. The fraction of sp³-hybridized carbons (Fsp3) is 0.406. The Balaban J connectivity index is 1.49. The third-order valence-corrected chi connectivity index (χ3v) is 7.66. The quantitative estimate of drug-likeness (QED) is 0.150. The molecule has 2 heterocycles. The molecule has 4 rings (SSSR count). The SMILES string of the molecule is COc1ccc2[nH]cc(CCNC(=O)[C@H](Cc3c[nH]c4ccccc34)NC(=O)[C@H](CCSC)NC(=O)OC(C)(C)C)c2c1. The van der Waals surface area contributed by atoms with E-state index < -0.39 is 29.7 Å². The summed E-state index contributed by atoms with van der Waals surface area (Å²) < 4.78 is 10.8. The van der Waals surface area contributed by atoms with Gasteiger partial charge in [-0.1, -0.05) is 18.2 Å². The molecule has 0 radical (unpaired) electrons. The highest BCUT2D eigenvalue weighted by Gasteiger charge is 2.29. The average molecular weight is 608 g/mol. The average Bonchev–Trinajstić information content (AvgIpc) is 3.57. The van der Waals surface area contributed by atoms with Gasteiger partial charge in [0, 0.05) is 47.2 Å². The molecule has 0 saturated heterocycles. The number of hydrogen-bond acceptors (Lipinski definition) is 6. The molecule has 10 nitrogen and oxygen atoms in total. The van der Waals surface area contributed by atoms with E-state index in [1.54, 1.807) is 39.6 Å². The molecule has 0 bridgehead atoms. The van der Waals surface area contributed by atoms with Crippen molar-refractivity contribution in [2.45, 2.75) is 57.7 Å². The molecule has 0 fully saturated rings. The topological polar surface area (TPSA) is 137 Å². The van der Waals surface area contributed by atoms with Crippen LogP contribution in [-0.4, -0.2) is 71.2 Å². The number of methoxy groups -OCH3 is 1. The number of H-pyrrole nitrogens is 2. The van der Waals surface area contributed by atoms with Crippen LogP contribution in [0, 0.1) is 0 Å². The predicted molar refractivity (Wildman–Crippen MR) is 172 cm³/mol. The van der Waals surface area contributed by atoms with Crippen molar-refractivity contribution in [3.8, 4) is 5.75 Å². The monoisotopic (exact) mass is 607 g/mol. The molecule has 0 spiro atoms. The van der Waals surface area contributed by atoms with Gasteiger partial charge in [0.2, 0.25) is 11.8 Å². The second-order valence-electron chi connectivity index (χ2n) is 11.4. The van der Waals surface area contributed by atoms with Crippen LogP contribution in [0.2, 0.25) is 0 Å². The Morgan fingerprint density at radius 3 is 2.35 bits per heavy atom. The number of ether oxygens (including phenoxy) is 2. The first-order valence-electron chi connectivity index (χ1n) is 14.3. The summed E-state index contributed by atoms with van der Waals surface area (Å²) in [5.74, 6) is 0.651. The highest BCUT2D eigenvalue weighted by Crippen LogP contribution is 2.24. The highest BCUT2D eigenvalue weighted by molar-refractivity contribution is 7.98. The minimum absolute atomic E-state index is 0.271. The molecule has 3 amide bonds. The normalized spacial score (nSPS) is 13.0. The van der Waals surface area contributed by atoms with Gasteiger partial charge in [0.1, 0.15) is 23.4 Å². The fourth-order valence-corrected chi connectivity index (χ4v) is 5.36. The van der Waals surface area contributed by atoms with E-state index in [1.807, 2.05) is 61.1 Å². The van der Waals surface area contributed by atoms with Gasteiger partial charge in [-0.05, 0) is 81.0 Å². The van der Waals surface area contributed by atoms with Crippen molar-refractivity contribution in [3.63, 3.8) is 0 Å². The van der Waals surface area contributed by atoms with Crippen LogP contribution < -0.4 is 20.7 Å². The van der Waals surface area contributed by atoms with Crippen molar-refractivity contribution >= 4 is 51.5 Å². The molecule has 43 heavy (non-hydrogen) atoms. The van der Waals surface area contributed by atoms with E-state index >= 15 is 0 Å². The molecule has 0 aliphatic rings. The Morgan fingerprint density at radius 1 is 0.907 bits per heavy atom. The Labute approximate surface area is 256 Å². The van der Waals surface area contributed by atoms with Gasteiger partial charge in [0.15, 0.2) is 0 Å². The molecule has 0 unspecified atom stereocenters. The summed E-state index contributed by atoms with van der Waals surface area (Å²) in [4.78, 5) is 46.2. The van der Waals surface area contributed by atoms with E-state index in [9.17, 15) is 14.4 Å². The summed E-state index contributed by atoms with van der Waals surface area (Å²) in [6.07, 6.45) is 6.29. The molecule has 2 aromatic heterocycles. The third-order valence-electron chi connectivity index (χ3n) is 7.02. The third kappa shape index (κ3) is 8.70. The lowest BCUT2D eigenvalue weighted by molar-refractivity contribution is -0.130. The van der Waals surface area contributed by atoms with Crippen LogP contribution in [0.1, 0.15) is 38.3 Å². The number of hydrogen-bond donors (Lipinski definition) is 5. The fourth-order valence-electron chi connectivity index (χ4n) is 4.89. The molecular weight excluding hydrogens is 566 g/mol. The minimum Gasteiger partial charge on any atom is -0.497 e. The maximum atomic E-state index is 13.6. The summed E-state index contributed by atoms with van der Waals surface area (Å²) >= 11 is 1.56. The number of aromatic amines is 2. The lowest BCUT2D eigenvalue weighted by Gasteiger charge is -2.25. The molecule has 0 aliphatic heterocycles. The zero-order valence-corrected chi connectivity index (χ0v) is 26.2. The van der Waals surface area contributed by atoms with E-state index in [0.717, 1.165) is 38.7 Å². The largest absolute Gasteiger partial charge is 0.497 e. The number of thioether (sulfide) groups is 1. The van der Waals surface area contributed by atoms with Crippen molar-refractivity contribution in [2.24, 2.45) is 0 Å². The van der Waals surface area contributed by atoms with Crippen molar-refractivity contribution in [1.29, 1.82) is 0 Å². The number of aromatic nitrogens is 2. The summed E-state index contributed by atoms with van der Waals surface area (Å²) in [5, 5.41) is 10.6. The first kappa shape index (κ1) is 31.8. The number of nitrogens with one attached hydrogen (secondary N) is 5. The second kappa shape index (κ2) is 14.4. The van der Waals surface area contributed by atoms with Gasteiger partial charge in [0.05, 0.1) is 7.11 Å². The lowest BCUT2D eigenvalue weighted by Crippen LogP contribution is -2.55. The minimum atomic E-state index is -0.869. The van der Waals surface area contributed by atoms with Gasteiger partial charge >= 0.3 is 6.09 Å². The summed E-state index contributed by atoms with van der Waals surface area (Å²) in [7, 11) is 1.63. The van der Waals surface area contributed by atoms with E-state index in [1.165, 1.54) is 0 Å². The number of fused-ring (bicyclic) bond motifs is 2. The van der Waals surface area contributed by atoms with E-state index in [-0.39, 0.29) is 12.3 Å². The van der Waals surface area contributed by atoms with Gasteiger partial charge in [-0.3, -0.25) is 9.59 Å². The van der Waals surface area contributed by atoms with Crippen molar-refractivity contribution in [1.82, 2.24) is 25.9 Å².